The standard InChI is InChI=1S/C14H19Cl2NO2/c1-5-12(17-14(2,3)13(18)19-4)10-7-6-9(15)8-11(10)16/h6-8,12,17H,5H2,1-4H3. The second-order valence-corrected chi connectivity index (χ2v) is 5.73. The minimum atomic E-state index is -0.779. The van der Waals surface area contributed by atoms with Gasteiger partial charge in [0.15, 0.2) is 0 Å². The number of nitrogens with one attached hydrogen (secondary N) is 1. The molecule has 0 aliphatic heterocycles. The number of esters is 1. The zero-order valence-electron chi connectivity index (χ0n) is 11.6. The number of ether oxygens (including phenoxy) is 1. The molecule has 0 heterocycles. The minimum absolute atomic E-state index is 0.0427. The Morgan fingerprint density at radius 2 is 2.05 bits per heavy atom. The summed E-state index contributed by atoms with van der Waals surface area (Å²) in [7, 11) is 1.38. The van der Waals surface area contributed by atoms with Gasteiger partial charge < -0.3 is 4.74 Å². The third-order valence-corrected chi connectivity index (χ3v) is 3.54. The van der Waals surface area contributed by atoms with Crippen LogP contribution in [0.25, 0.3) is 0 Å². The van der Waals surface area contributed by atoms with Crippen LogP contribution < -0.4 is 5.32 Å². The summed E-state index contributed by atoms with van der Waals surface area (Å²) in [6.45, 7) is 5.59. The number of carbonyl (C=O) groups is 1. The van der Waals surface area contributed by atoms with Gasteiger partial charge in [0.05, 0.1) is 7.11 Å². The van der Waals surface area contributed by atoms with Gasteiger partial charge in [-0.25, -0.2) is 0 Å². The lowest BCUT2D eigenvalue weighted by molar-refractivity contribution is -0.147. The highest BCUT2D eigenvalue weighted by atomic mass is 35.5. The summed E-state index contributed by atoms with van der Waals surface area (Å²) >= 11 is 12.1. The van der Waals surface area contributed by atoms with Gasteiger partial charge in [0, 0.05) is 16.1 Å². The molecule has 0 saturated heterocycles. The molecule has 1 unspecified atom stereocenters. The Labute approximate surface area is 124 Å². The molecule has 0 aromatic heterocycles. The predicted octanol–water partition coefficient (Wildman–Crippen LogP) is 3.99. The monoisotopic (exact) mass is 303 g/mol. The second-order valence-electron chi connectivity index (χ2n) is 4.89. The van der Waals surface area contributed by atoms with E-state index in [1.54, 1.807) is 26.0 Å². The largest absolute Gasteiger partial charge is 0.468 e. The first kappa shape index (κ1) is 16.3. The van der Waals surface area contributed by atoms with Gasteiger partial charge in [-0.15, -0.1) is 0 Å². The van der Waals surface area contributed by atoms with E-state index >= 15 is 0 Å². The lowest BCUT2D eigenvalue weighted by Crippen LogP contribution is -2.49. The molecule has 106 valence electrons. The minimum Gasteiger partial charge on any atom is -0.468 e. The highest BCUT2D eigenvalue weighted by Gasteiger charge is 2.31. The molecule has 0 aliphatic carbocycles. The maximum atomic E-state index is 11.7. The first-order chi connectivity index (χ1) is 8.81. The molecule has 0 aliphatic rings. The molecule has 1 aromatic rings. The number of carbonyl (C=O) groups excluding carboxylic acids is 1. The smallest absolute Gasteiger partial charge is 0.325 e. The Bertz CT molecular complexity index is 461. The molecule has 3 nitrogen and oxygen atoms in total. The van der Waals surface area contributed by atoms with Crippen LogP contribution in [0.5, 0.6) is 0 Å². The molecule has 1 aromatic carbocycles. The van der Waals surface area contributed by atoms with E-state index in [4.69, 9.17) is 27.9 Å². The molecular weight excluding hydrogens is 285 g/mol. The highest BCUT2D eigenvalue weighted by molar-refractivity contribution is 6.35. The Morgan fingerprint density at radius 1 is 1.42 bits per heavy atom. The summed E-state index contributed by atoms with van der Waals surface area (Å²) in [5.74, 6) is -0.309. The van der Waals surface area contributed by atoms with Crippen molar-refractivity contribution in [2.75, 3.05) is 7.11 Å². The topological polar surface area (TPSA) is 38.3 Å². The SMILES string of the molecule is CCC(NC(C)(C)C(=O)OC)c1ccc(Cl)cc1Cl. The third-order valence-electron chi connectivity index (χ3n) is 2.98. The first-order valence-corrected chi connectivity index (χ1v) is 6.88. The Balaban J connectivity index is 2.98. The van der Waals surface area contributed by atoms with Gasteiger partial charge in [-0.05, 0) is 38.0 Å². The number of benzene rings is 1. The molecule has 19 heavy (non-hydrogen) atoms. The van der Waals surface area contributed by atoms with E-state index < -0.39 is 5.54 Å². The average Bonchev–Trinajstić information content (AvgIpc) is 2.35. The van der Waals surface area contributed by atoms with Gasteiger partial charge in [0.2, 0.25) is 0 Å². The summed E-state index contributed by atoms with van der Waals surface area (Å²) in [5, 5.41) is 4.45. The van der Waals surface area contributed by atoms with Gasteiger partial charge in [-0.2, -0.15) is 0 Å². The van der Waals surface area contributed by atoms with Crippen LogP contribution in [0.4, 0.5) is 0 Å². The maximum absolute atomic E-state index is 11.7. The Kier molecular flexibility index (Phi) is 5.65. The summed E-state index contributed by atoms with van der Waals surface area (Å²) in [6, 6.07) is 5.32. The normalized spacial score (nSPS) is 13.2. The van der Waals surface area contributed by atoms with Crippen molar-refractivity contribution < 1.29 is 9.53 Å². The molecule has 1 rings (SSSR count). The van der Waals surface area contributed by atoms with Crippen LogP contribution in [0.15, 0.2) is 18.2 Å². The quantitative estimate of drug-likeness (QED) is 0.836. The first-order valence-electron chi connectivity index (χ1n) is 6.13. The molecule has 0 radical (unpaired) electrons. The summed E-state index contributed by atoms with van der Waals surface area (Å²) < 4.78 is 4.79. The van der Waals surface area contributed by atoms with Crippen LogP contribution in [-0.4, -0.2) is 18.6 Å². The van der Waals surface area contributed by atoms with Gasteiger partial charge in [-0.1, -0.05) is 36.2 Å². The predicted molar refractivity (Wildman–Crippen MR) is 78.7 cm³/mol. The van der Waals surface area contributed by atoms with E-state index in [2.05, 4.69) is 5.32 Å². The molecular formula is C14H19Cl2NO2. The van der Waals surface area contributed by atoms with Crippen LogP contribution in [0, 0.1) is 0 Å². The lowest BCUT2D eigenvalue weighted by Gasteiger charge is -2.29. The number of methoxy groups -OCH3 is 1. The Hall–Kier alpha value is -0.770. The molecule has 0 bridgehead atoms. The molecule has 0 fully saturated rings. The van der Waals surface area contributed by atoms with Crippen molar-refractivity contribution in [3.63, 3.8) is 0 Å². The van der Waals surface area contributed by atoms with E-state index in [0.29, 0.717) is 10.0 Å². The van der Waals surface area contributed by atoms with Crippen LogP contribution in [-0.2, 0) is 9.53 Å². The van der Waals surface area contributed by atoms with Crippen molar-refractivity contribution >= 4 is 29.2 Å². The van der Waals surface area contributed by atoms with E-state index in [9.17, 15) is 4.79 Å². The van der Waals surface area contributed by atoms with E-state index in [0.717, 1.165) is 12.0 Å². The van der Waals surface area contributed by atoms with Gasteiger partial charge in [0.25, 0.3) is 0 Å². The fraction of sp³-hybridized carbons (Fsp3) is 0.500. The van der Waals surface area contributed by atoms with Crippen molar-refractivity contribution in [1.82, 2.24) is 5.32 Å². The van der Waals surface area contributed by atoms with E-state index in [-0.39, 0.29) is 12.0 Å². The third kappa shape index (κ3) is 4.10. The fourth-order valence-corrected chi connectivity index (χ4v) is 2.47. The lowest BCUT2D eigenvalue weighted by atomic mass is 9.98. The molecule has 1 N–H and O–H groups in total. The zero-order valence-corrected chi connectivity index (χ0v) is 13.1. The Morgan fingerprint density at radius 3 is 2.53 bits per heavy atom. The molecule has 0 amide bonds. The van der Waals surface area contributed by atoms with Crippen LogP contribution in [0.2, 0.25) is 10.0 Å². The van der Waals surface area contributed by atoms with Crippen molar-refractivity contribution in [1.29, 1.82) is 0 Å². The number of halogens is 2. The van der Waals surface area contributed by atoms with Crippen molar-refractivity contribution in [2.45, 2.75) is 38.8 Å². The van der Waals surface area contributed by atoms with Crippen LogP contribution in [0.1, 0.15) is 38.8 Å². The number of hydrogen-bond donors (Lipinski definition) is 1. The van der Waals surface area contributed by atoms with Gasteiger partial charge in [0.1, 0.15) is 5.54 Å². The highest BCUT2D eigenvalue weighted by Crippen LogP contribution is 2.29. The second kappa shape index (κ2) is 6.60. The molecule has 0 spiro atoms. The van der Waals surface area contributed by atoms with Gasteiger partial charge in [-0.3, -0.25) is 10.1 Å². The average molecular weight is 304 g/mol. The van der Waals surface area contributed by atoms with Crippen molar-refractivity contribution in [3.05, 3.63) is 33.8 Å². The summed E-state index contributed by atoms with van der Waals surface area (Å²) in [6.07, 6.45) is 0.793. The summed E-state index contributed by atoms with van der Waals surface area (Å²) in [5.41, 5.74) is 0.142. The van der Waals surface area contributed by atoms with Crippen LogP contribution in [0.3, 0.4) is 0 Å². The fourth-order valence-electron chi connectivity index (χ4n) is 1.93. The summed E-state index contributed by atoms with van der Waals surface area (Å²) in [4.78, 5) is 11.7. The molecule has 1 atom stereocenters. The van der Waals surface area contributed by atoms with Crippen molar-refractivity contribution in [3.8, 4) is 0 Å². The molecule has 0 saturated carbocycles. The molecule has 5 heteroatoms. The van der Waals surface area contributed by atoms with Crippen LogP contribution >= 0.6 is 23.2 Å². The zero-order chi connectivity index (χ0) is 14.6. The number of hydrogen-bond acceptors (Lipinski definition) is 3. The van der Waals surface area contributed by atoms with Gasteiger partial charge >= 0.3 is 5.97 Å². The number of rotatable bonds is 5. The van der Waals surface area contributed by atoms with E-state index in [1.165, 1.54) is 7.11 Å². The van der Waals surface area contributed by atoms with E-state index in [1.807, 2.05) is 13.0 Å². The van der Waals surface area contributed by atoms with Crippen molar-refractivity contribution in [2.24, 2.45) is 0 Å². The maximum Gasteiger partial charge on any atom is 0.325 e.